The maximum atomic E-state index is 12.9. The highest BCUT2D eigenvalue weighted by atomic mass is 35.5. The van der Waals surface area contributed by atoms with Gasteiger partial charge in [0, 0.05) is 33.7 Å². The Kier molecular flexibility index (Phi) is 5.92. The van der Waals surface area contributed by atoms with Crippen molar-refractivity contribution in [3.63, 3.8) is 0 Å². The number of hydrogen-bond acceptors (Lipinski definition) is 6. The van der Waals surface area contributed by atoms with E-state index in [0.717, 1.165) is 17.0 Å². The largest absolute Gasteiger partial charge is 0.497 e. The molecule has 1 N–H and O–H groups in total. The van der Waals surface area contributed by atoms with Crippen LogP contribution in [0.4, 0.5) is 5.82 Å². The first kappa shape index (κ1) is 20.9. The van der Waals surface area contributed by atoms with Crippen molar-refractivity contribution in [2.75, 3.05) is 19.5 Å². The molecular formula is C22H19ClN4O3S. The Morgan fingerprint density at radius 2 is 1.74 bits per heavy atom. The molecule has 2 aromatic carbocycles. The fourth-order valence-corrected chi connectivity index (χ4v) is 3.90. The van der Waals surface area contributed by atoms with Crippen LogP contribution in [0.1, 0.15) is 16.1 Å². The number of aryl methyl sites for hydroxylation is 1. The Balaban J connectivity index is 1.63. The summed E-state index contributed by atoms with van der Waals surface area (Å²) in [5.74, 6) is 1.26. The van der Waals surface area contributed by atoms with Crippen LogP contribution in [-0.4, -0.2) is 34.9 Å². The molecular weight excluding hydrogens is 436 g/mol. The average Bonchev–Trinajstić information content (AvgIpc) is 3.40. The van der Waals surface area contributed by atoms with Gasteiger partial charge in [-0.2, -0.15) is 9.78 Å². The van der Waals surface area contributed by atoms with Gasteiger partial charge in [-0.15, -0.1) is 11.3 Å². The number of nitrogens with zero attached hydrogens (tertiary/aromatic N) is 3. The van der Waals surface area contributed by atoms with Crippen LogP contribution in [0.25, 0.3) is 16.4 Å². The number of aromatic nitrogens is 3. The lowest BCUT2D eigenvalue weighted by Gasteiger charge is -2.10. The Bertz CT molecular complexity index is 1210. The van der Waals surface area contributed by atoms with E-state index in [1.807, 2.05) is 36.6 Å². The zero-order valence-electron chi connectivity index (χ0n) is 17.0. The zero-order valence-corrected chi connectivity index (χ0v) is 18.6. The highest BCUT2D eigenvalue weighted by molar-refractivity contribution is 7.12. The molecule has 0 spiro atoms. The number of halogens is 1. The van der Waals surface area contributed by atoms with Crippen molar-refractivity contribution in [3.8, 4) is 27.9 Å². The number of rotatable bonds is 6. The van der Waals surface area contributed by atoms with Crippen molar-refractivity contribution in [2.45, 2.75) is 6.92 Å². The average molecular weight is 455 g/mol. The first-order valence-electron chi connectivity index (χ1n) is 9.30. The fraction of sp³-hybridized carbons (Fsp3) is 0.136. The van der Waals surface area contributed by atoms with Crippen molar-refractivity contribution in [2.24, 2.45) is 0 Å². The molecule has 9 heteroatoms. The van der Waals surface area contributed by atoms with Crippen molar-refractivity contribution in [1.29, 1.82) is 0 Å². The van der Waals surface area contributed by atoms with Crippen LogP contribution in [0.5, 0.6) is 11.5 Å². The molecule has 0 aliphatic carbocycles. The van der Waals surface area contributed by atoms with Crippen molar-refractivity contribution in [1.82, 2.24) is 14.8 Å². The molecule has 2 heterocycles. The minimum absolute atomic E-state index is 0.312. The lowest BCUT2D eigenvalue weighted by molar-refractivity contribution is 0.102. The van der Waals surface area contributed by atoms with E-state index in [4.69, 9.17) is 21.1 Å². The molecule has 4 rings (SSSR count). The Labute approximate surface area is 188 Å². The summed E-state index contributed by atoms with van der Waals surface area (Å²) >= 11 is 7.40. The molecule has 0 aliphatic rings. The van der Waals surface area contributed by atoms with Crippen LogP contribution in [0.15, 0.2) is 53.9 Å². The van der Waals surface area contributed by atoms with Gasteiger partial charge in [0.15, 0.2) is 0 Å². The molecule has 2 aromatic heterocycles. The van der Waals surface area contributed by atoms with Gasteiger partial charge in [-0.05, 0) is 31.2 Å². The van der Waals surface area contributed by atoms with Crippen molar-refractivity contribution >= 4 is 34.7 Å². The third-order valence-electron chi connectivity index (χ3n) is 4.50. The first-order valence-corrected chi connectivity index (χ1v) is 10.6. The second-order valence-electron chi connectivity index (χ2n) is 6.66. The first-order chi connectivity index (χ1) is 15.0. The predicted octanol–water partition coefficient (Wildman–Crippen LogP) is 5.23. The van der Waals surface area contributed by atoms with E-state index in [-0.39, 0.29) is 5.91 Å². The second-order valence-corrected chi connectivity index (χ2v) is 7.93. The minimum atomic E-state index is -0.312. The topological polar surface area (TPSA) is 78.3 Å². The Hall–Kier alpha value is -3.36. The maximum Gasteiger partial charge on any atom is 0.257 e. The van der Waals surface area contributed by atoms with Gasteiger partial charge >= 0.3 is 0 Å². The smallest absolute Gasteiger partial charge is 0.257 e. The summed E-state index contributed by atoms with van der Waals surface area (Å²) in [7, 11) is 3.07. The number of nitrogens with one attached hydrogen (secondary N) is 1. The summed E-state index contributed by atoms with van der Waals surface area (Å²) < 4.78 is 12.1. The molecule has 0 atom stereocenters. The molecule has 0 unspecified atom stereocenters. The maximum absolute atomic E-state index is 12.9. The van der Waals surface area contributed by atoms with Crippen LogP contribution >= 0.6 is 22.9 Å². The van der Waals surface area contributed by atoms with Crippen LogP contribution < -0.4 is 14.8 Å². The molecule has 0 fully saturated rings. The van der Waals surface area contributed by atoms with Crippen molar-refractivity contribution < 1.29 is 14.3 Å². The number of thiazole rings is 1. The number of anilines is 1. The number of hydrogen-bond donors (Lipinski definition) is 1. The molecule has 0 bridgehead atoms. The molecule has 0 saturated heterocycles. The van der Waals surface area contributed by atoms with Gasteiger partial charge < -0.3 is 14.8 Å². The molecule has 158 valence electrons. The van der Waals surface area contributed by atoms with E-state index < -0.39 is 0 Å². The van der Waals surface area contributed by atoms with Gasteiger partial charge in [-0.3, -0.25) is 4.79 Å². The van der Waals surface area contributed by atoms with Gasteiger partial charge in [0.25, 0.3) is 5.91 Å². The van der Waals surface area contributed by atoms with E-state index in [2.05, 4.69) is 15.4 Å². The summed E-state index contributed by atoms with van der Waals surface area (Å²) in [5, 5.41) is 10.6. The van der Waals surface area contributed by atoms with Crippen molar-refractivity contribution in [3.05, 3.63) is 70.2 Å². The van der Waals surface area contributed by atoms with E-state index in [9.17, 15) is 4.79 Å². The summed E-state index contributed by atoms with van der Waals surface area (Å²) in [5.41, 5.74) is 2.91. The molecule has 31 heavy (non-hydrogen) atoms. The number of benzene rings is 2. The number of carbonyl (C=O) groups excluding carboxylic acids is 1. The highest BCUT2D eigenvalue weighted by Gasteiger charge is 2.17. The van der Waals surface area contributed by atoms with E-state index in [1.165, 1.54) is 25.6 Å². The number of ether oxygens (including phenoxy) is 2. The summed E-state index contributed by atoms with van der Waals surface area (Å²) in [6.07, 6.45) is 0. The van der Waals surface area contributed by atoms with E-state index >= 15 is 0 Å². The zero-order chi connectivity index (χ0) is 22.0. The van der Waals surface area contributed by atoms with Crippen LogP contribution in [0, 0.1) is 6.92 Å². The van der Waals surface area contributed by atoms with Gasteiger partial charge in [0.05, 0.1) is 25.6 Å². The third kappa shape index (κ3) is 4.55. The van der Waals surface area contributed by atoms with E-state index in [0.29, 0.717) is 33.0 Å². The molecule has 1 amide bonds. The third-order valence-corrected chi connectivity index (χ3v) is 5.57. The SMILES string of the molecule is COc1cc(OC)cc(C(=O)Nc2cc(C)nn2-c2nc(-c3ccc(Cl)cc3)cs2)c1. The van der Waals surface area contributed by atoms with Crippen LogP contribution in [0.2, 0.25) is 5.02 Å². The number of methoxy groups -OCH3 is 2. The molecule has 7 nitrogen and oxygen atoms in total. The molecule has 0 aliphatic heterocycles. The second kappa shape index (κ2) is 8.79. The number of amides is 1. The lowest BCUT2D eigenvalue weighted by Crippen LogP contribution is -2.15. The van der Waals surface area contributed by atoms with Gasteiger partial charge in [0.1, 0.15) is 17.3 Å². The van der Waals surface area contributed by atoms with Gasteiger partial charge in [-0.1, -0.05) is 23.7 Å². The lowest BCUT2D eigenvalue weighted by atomic mass is 10.2. The Morgan fingerprint density at radius 1 is 1.06 bits per heavy atom. The fourth-order valence-electron chi connectivity index (χ4n) is 2.98. The van der Waals surface area contributed by atoms with Crippen LogP contribution in [-0.2, 0) is 0 Å². The highest BCUT2D eigenvalue weighted by Crippen LogP contribution is 2.28. The molecule has 4 aromatic rings. The minimum Gasteiger partial charge on any atom is -0.497 e. The normalized spacial score (nSPS) is 10.7. The Morgan fingerprint density at radius 3 is 2.39 bits per heavy atom. The monoisotopic (exact) mass is 454 g/mol. The van der Waals surface area contributed by atoms with E-state index in [1.54, 1.807) is 28.9 Å². The predicted molar refractivity (Wildman–Crippen MR) is 122 cm³/mol. The van der Waals surface area contributed by atoms with Gasteiger partial charge in [0.2, 0.25) is 5.13 Å². The van der Waals surface area contributed by atoms with Gasteiger partial charge in [-0.25, -0.2) is 4.98 Å². The summed E-state index contributed by atoms with van der Waals surface area (Å²) in [4.78, 5) is 17.6. The molecule has 0 saturated carbocycles. The van der Waals surface area contributed by atoms with Crippen LogP contribution in [0.3, 0.4) is 0 Å². The quantitative estimate of drug-likeness (QED) is 0.431. The standard InChI is InChI=1S/C22H19ClN4O3S/c1-13-8-20(25-21(28)15-9-17(29-2)11-18(10-15)30-3)27(26-13)22-24-19(12-31-22)14-4-6-16(23)7-5-14/h4-12H,1-3H3,(H,25,28). The summed E-state index contributed by atoms with van der Waals surface area (Å²) in [6, 6.07) is 14.3. The number of carbonyl (C=O) groups is 1. The molecule has 0 radical (unpaired) electrons. The summed E-state index contributed by atoms with van der Waals surface area (Å²) in [6.45, 7) is 1.86.